The Hall–Kier alpha value is -2.75. The van der Waals surface area contributed by atoms with Crippen LogP contribution in [0.3, 0.4) is 0 Å². The van der Waals surface area contributed by atoms with E-state index >= 15 is 0 Å². The molecule has 3 aromatic carbocycles. The van der Waals surface area contributed by atoms with Crippen LogP contribution >= 0.6 is 0 Å². The first-order valence-corrected chi connectivity index (χ1v) is 6.73. The van der Waals surface area contributed by atoms with Gasteiger partial charge < -0.3 is 10.4 Å². The van der Waals surface area contributed by atoms with E-state index in [1.165, 1.54) is 0 Å². The summed E-state index contributed by atoms with van der Waals surface area (Å²) in [5.74, 6) is -0.333. The van der Waals surface area contributed by atoms with Crippen molar-refractivity contribution in [1.29, 1.82) is 0 Å². The van der Waals surface area contributed by atoms with Crippen LogP contribution in [-0.4, -0.2) is 18.9 Å². The summed E-state index contributed by atoms with van der Waals surface area (Å²) < 4.78 is 0. The third-order valence-electron chi connectivity index (χ3n) is 3.42. The molecule has 0 spiro atoms. The number of carbonyl (C=O) groups is 1. The summed E-state index contributed by atoms with van der Waals surface area (Å²) in [4.78, 5) is 12.3. The van der Waals surface area contributed by atoms with Crippen LogP contribution in [0.25, 0.3) is 10.8 Å². The van der Waals surface area contributed by atoms with Gasteiger partial charge in [-0.25, -0.2) is 0 Å². The van der Waals surface area contributed by atoms with Crippen molar-refractivity contribution in [2.75, 3.05) is 5.32 Å². The molecule has 1 amide bonds. The molecule has 4 heteroatoms. The van der Waals surface area contributed by atoms with Crippen LogP contribution in [0.15, 0.2) is 60.7 Å². The Balaban J connectivity index is 1.93. The minimum atomic E-state index is -0.317. The lowest BCUT2D eigenvalue weighted by Gasteiger charge is -2.08. The third kappa shape index (κ3) is 2.74. The second-order valence-electron chi connectivity index (χ2n) is 5.04. The standard InChI is InChI=1S/C17H14BNO2/c18-13-5-7-14(8-6-13)19-17(21)15-9-11-3-1-2-4-12(11)10-16(15)20/h1-10,20H,18H2,(H,19,21). The number of anilines is 1. The SMILES string of the molecule is Bc1ccc(NC(=O)c2cc3ccccc3cc2O)cc1. The van der Waals surface area contributed by atoms with Gasteiger partial charge >= 0.3 is 0 Å². The number of fused-ring (bicyclic) bond motifs is 1. The highest BCUT2D eigenvalue weighted by Gasteiger charge is 2.12. The molecule has 0 saturated heterocycles. The van der Waals surface area contributed by atoms with Gasteiger partial charge in [0.15, 0.2) is 0 Å². The number of aromatic hydroxyl groups is 1. The highest BCUT2D eigenvalue weighted by atomic mass is 16.3. The van der Waals surface area contributed by atoms with Crippen molar-refractivity contribution in [3.8, 4) is 5.75 Å². The van der Waals surface area contributed by atoms with E-state index in [4.69, 9.17) is 0 Å². The van der Waals surface area contributed by atoms with Crippen molar-refractivity contribution in [2.24, 2.45) is 0 Å². The zero-order chi connectivity index (χ0) is 14.8. The number of benzene rings is 3. The molecular weight excluding hydrogens is 261 g/mol. The first-order valence-electron chi connectivity index (χ1n) is 6.73. The molecule has 3 nitrogen and oxygen atoms in total. The minimum absolute atomic E-state index is 0.0155. The van der Waals surface area contributed by atoms with Crippen molar-refractivity contribution < 1.29 is 9.90 Å². The van der Waals surface area contributed by atoms with Gasteiger partial charge in [0.05, 0.1) is 5.56 Å². The van der Waals surface area contributed by atoms with E-state index < -0.39 is 0 Å². The fourth-order valence-corrected chi connectivity index (χ4v) is 2.25. The summed E-state index contributed by atoms with van der Waals surface area (Å²) >= 11 is 0. The molecule has 21 heavy (non-hydrogen) atoms. The average Bonchev–Trinajstić information content (AvgIpc) is 2.49. The van der Waals surface area contributed by atoms with Crippen LogP contribution in [0.4, 0.5) is 5.69 Å². The Morgan fingerprint density at radius 3 is 2.24 bits per heavy atom. The lowest BCUT2D eigenvalue weighted by atomic mass is 9.96. The number of amides is 1. The highest BCUT2D eigenvalue weighted by molar-refractivity contribution is 6.32. The van der Waals surface area contributed by atoms with Gasteiger partial charge in [-0.2, -0.15) is 0 Å². The van der Waals surface area contributed by atoms with Gasteiger partial charge in [0, 0.05) is 5.69 Å². The number of hydrogen-bond donors (Lipinski definition) is 2. The first-order chi connectivity index (χ1) is 10.1. The molecule has 0 fully saturated rings. The first kappa shape index (κ1) is 13.2. The molecule has 0 aliphatic heterocycles. The molecule has 0 radical (unpaired) electrons. The van der Waals surface area contributed by atoms with Gasteiger partial charge in [-0.3, -0.25) is 4.79 Å². The average molecular weight is 275 g/mol. The predicted molar refractivity (Wildman–Crippen MR) is 88.2 cm³/mol. The second kappa shape index (κ2) is 5.33. The molecule has 3 aromatic rings. The fraction of sp³-hybridized carbons (Fsp3) is 0. The molecule has 3 rings (SSSR count). The summed E-state index contributed by atoms with van der Waals surface area (Å²) in [6.45, 7) is 0. The van der Waals surface area contributed by atoms with Crippen LogP contribution in [0.1, 0.15) is 10.4 Å². The van der Waals surface area contributed by atoms with E-state index in [2.05, 4.69) is 5.32 Å². The molecule has 0 saturated carbocycles. The van der Waals surface area contributed by atoms with Gasteiger partial charge in [0.25, 0.3) is 5.91 Å². The van der Waals surface area contributed by atoms with Crippen molar-refractivity contribution in [2.45, 2.75) is 0 Å². The Morgan fingerprint density at radius 1 is 0.952 bits per heavy atom. The number of phenols is 1. The Kier molecular flexibility index (Phi) is 3.36. The molecule has 0 atom stereocenters. The molecule has 0 aliphatic carbocycles. The number of hydrogen-bond acceptors (Lipinski definition) is 2. The molecule has 0 bridgehead atoms. The number of rotatable bonds is 2. The van der Waals surface area contributed by atoms with Crippen LogP contribution in [0.2, 0.25) is 0 Å². The summed E-state index contributed by atoms with van der Waals surface area (Å²) in [6.07, 6.45) is 0. The van der Waals surface area contributed by atoms with Crippen LogP contribution < -0.4 is 10.8 Å². The largest absolute Gasteiger partial charge is 0.507 e. The van der Waals surface area contributed by atoms with Gasteiger partial charge in [-0.15, -0.1) is 0 Å². The Labute approximate surface area is 123 Å². The molecule has 2 N–H and O–H groups in total. The lowest BCUT2D eigenvalue weighted by molar-refractivity contribution is 0.102. The van der Waals surface area contributed by atoms with Crippen molar-refractivity contribution in [3.05, 3.63) is 66.2 Å². The summed E-state index contributed by atoms with van der Waals surface area (Å²) in [5, 5.41) is 14.7. The van der Waals surface area contributed by atoms with Gasteiger partial charge in [0.1, 0.15) is 13.6 Å². The van der Waals surface area contributed by atoms with Crippen molar-refractivity contribution in [3.63, 3.8) is 0 Å². The molecule has 0 unspecified atom stereocenters. The van der Waals surface area contributed by atoms with E-state index in [1.807, 2.05) is 56.4 Å². The quantitative estimate of drug-likeness (QED) is 0.703. The van der Waals surface area contributed by atoms with Gasteiger partial charge in [-0.05, 0) is 35.0 Å². The topological polar surface area (TPSA) is 49.3 Å². The monoisotopic (exact) mass is 275 g/mol. The van der Waals surface area contributed by atoms with Crippen LogP contribution in [0.5, 0.6) is 5.75 Å². The van der Waals surface area contributed by atoms with E-state index in [-0.39, 0.29) is 17.2 Å². The summed E-state index contributed by atoms with van der Waals surface area (Å²) in [5.41, 5.74) is 2.11. The predicted octanol–water partition coefficient (Wildman–Crippen LogP) is 2.06. The van der Waals surface area contributed by atoms with Gasteiger partial charge in [-0.1, -0.05) is 41.9 Å². The van der Waals surface area contributed by atoms with E-state index in [1.54, 1.807) is 12.1 Å². The maximum Gasteiger partial charge on any atom is 0.259 e. The van der Waals surface area contributed by atoms with Crippen LogP contribution in [0, 0.1) is 0 Å². The van der Waals surface area contributed by atoms with Gasteiger partial charge in [0.2, 0.25) is 0 Å². The lowest BCUT2D eigenvalue weighted by Crippen LogP contribution is -2.13. The molecular formula is C17H14BNO2. The zero-order valence-electron chi connectivity index (χ0n) is 11.6. The normalized spacial score (nSPS) is 10.5. The van der Waals surface area contributed by atoms with Crippen molar-refractivity contribution >= 4 is 35.7 Å². The molecule has 0 heterocycles. The van der Waals surface area contributed by atoms with E-state index in [9.17, 15) is 9.90 Å². The molecule has 0 aromatic heterocycles. The second-order valence-corrected chi connectivity index (χ2v) is 5.04. The Morgan fingerprint density at radius 2 is 1.57 bits per heavy atom. The maximum absolute atomic E-state index is 12.3. The van der Waals surface area contributed by atoms with E-state index in [0.717, 1.165) is 16.2 Å². The minimum Gasteiger partial charge on any atom is -0.507 e. The number of carbonyl (C=O) groups excluding carboxylic acids is 1. The fourth-order valence-electron chi connectivity index (χ4n) is 2.25. The number of nitrogens with one attached hydrogen (secondary N) is 1. The third-order valence-corrected chi connectivity index (χ3v) is 3.42. The highest BCUT2D eigenvalue weighted by Crippen LogP contribution is 2.25. The number of phenolic OH excluding ortho intramolecular Hbond substituents is 1. The maximum atomic E-state index is 12.3. The van der Waals surface area contributed by atoms with Crippen molar-refractivity contribution in [1.82, 2.24) is 0 Å². The zero-order valence-corrected chi connectivity index (χ0v) is 11.6. The summed E-state index contributed by atoms with van der Waals surface area (Å²) in [7, 11) is 1.99. The van der Waals surface area contributed by atoms with E-state index in [0.29, 0.717) is 5.69 Å². The van der Waals surface area contributed by atoms with Crippen LogP contribution in [-0.2, 0) is 0 Å². The summed E-state index contributed by atoms with van der Waals surface area (Å²) in [6, 6.07) is 18.5. The Bertz CT molecular complexity index is 813. The smallest absolute Gasteiger partial charge is 0.259 e. The molecule has 102 valence electrons. The molecule has 0 aliphatic rings.